The highest BCUT2D eigenvalue weighted by Gasteiger charge is 2.07. The second-order valence-electron chi connectivity index (χ2n) is 4.64. The summed E-state index contributed by atoms with van der Waals surface area (Å²) >= 11 is 1.79. The molecule has 1 atom stereocenters. The van der Waals surface area contributed by atoms with Crippen LogP contribution in [-0.2, 0) is 0 Å². The first-order chi connectivity index (χ1) is 8.22. The summed E-state index contributed by atoms with van der Waals surface area (Å²) in [5.74, 6) is 1.63. The van der Waals surface area contributed by atoms with Gasteiger partial charge in [0.25, 0.3) is 0 Å². The zero-order chi connectivity index (χ0) is 12.5. The van der Waals surface area contributed by atoms with Crippen LogP contribution in [0.2, 0.25) is 0 Å². The maximum Gasteiger partial charge on any atom is 0.0592 e. The van der Waals surface area contributed by atoms with Crippen LogP contribution in [0.4, 0.5) is 0 Å². The fraction of sp³-hybridized carbons (Fsp3) is 0.571. The molecule has 0 saturated heterocycles. The van der Waals surface area contributed by atoms with Crippen molar-refractivity contribution in [2.45, 2.75) is 31.2 Å². The van der Waals surface area contributed by atoms with Crippen molar-refractivity contribution in [3.63, 3.8) is 0 Å². The molecule has 1 rings (SSSR count). The second kappa shape index (κ2) is 8.56. The van der Waals surface area contributed by atoms with Gasteiger partial charge in [-0.05, 0) is 31.0 Å². The first-order valence-corrected chi connectivity index (χ1v) is 7.23. The molecule has 0 aromatic heterocycles. The molecule has 0 saturated carbocycles. The molecular formula is C14H23NOS. The normalized spacial score (nSPS) is 12.9. The number of hydrogen-bond donors (Lipinski definition) is 2. The Morgan fingerprint density at radius 2 is 1.94 bits per heavy atom. The van der Waals surface area contributed by atoms with Crippen LogP contribution in [0.1, 0.15) is 20.3 Å². The van der Waals surface area contributed by atoms with Gasteiger partial charge in [-0.2, -0.15) is 0 Å². The van der Waals surface area contributed by atoms with Gasteiger partial charge in [-0.1, -0.05) is 32.0 Å². The van der Waals surface area contributed by atoms with Crippen molar-refractivity contribution >= 4 is 11.8 Å². The highest BCUT2D eigenvalue weighted by molar-refractivity contribution is 7.99. The zero-order valence-corrected chi connectivity index (χ0v) is 11.5. The van der Waals surface area contributed by atoms with E-state index in [1.54, 1.807) is 11.8 Å². The van der Waals surface area contributed by atoms with Crippen LogP contribution in [0.15, 0.2) is 35.2 Å². The molecule has 0 aliphatic carbocycles. The van der Waals surface area contributed by atoms with Crippen molar-refractivity contribution < 1.29 is 5.11 Å². The number of rotatable bonds is 8. The average Bonchev–Trinajstić information content (AvgIpc) is 2.34. The molecule has 0 aliphatic heterocycles. The lowest BCUT2D eigenvalue weighted by Crippen LogP contribution is -2.35. The molecule has 0 spiro atoms. The molecule has 0 amide bonds. The van der Waals surface area contributed by atoms with E-state index in [1.807, 2.05) is 18.2 Å². The van der Waals surface area contributed by atoms with Gasteiger partial charge >= 0.3 is 0 Å². The monoisotopic (exact) mass is 253 g/mol. The predicted molar refractivity (Wildman–Crippen MR) is 75.5 cm³/mol. The Balaban J connectivity index is 2.23. The van der Waals surface area contributed by atoms with Gasteiger partial charge in [0.15, 0.2) is 0 Å². The Morgan fingerprint density at radius 3 is 2.53 bits per heavy atom. The van der Waals surface area contributed by atoms with E-state index in [9.17, 15) is 5.11 Å². The van der Waals surface area contributed by atoms with Gasteiger partial charge in [-0.15, -0.1) is 11.8 Å². The second-order valence-corrected chi connectivity index (χ2v) is 5.73. The number of hydrogen-bond acceptors (Lipinski definition) is 3. The molecule has 0 heterocycles. The van der Waals surface area contributed by atoms with Gasteiger partial charge in [-0.3, -0.25) is 0 Å². The summed E-state index contributed by atoms with van der Waals surface area (Å²) in [6.45, 7) is 5.62. The van der Waals surface area contributed by atoms with Crippen LogP contribution in [-0.4, -0.2) is 30.1 Å². The van der Waals surface area contributed by atoms with Crippen molar-refractivity contribution in [3.05, 3.63) is 30.3 Å². The fourth-order valence-electron chi connectivity index (χ4n) is 1.47. The standard InChI is InChI=1S/C14H23NOS/c1-12(2)8-9-15-13(10-16)11-17-14-6-4-3-5-7-14/h3-7,12-13,15-16H,8-11H2,1-2H3. The van der Waals surface area contributed by atoms with E-state index < -0.39 is 0 Å². The first-order valence-electron chi connectivity index (χ1n) is 6.24. The smallest absolute Gasteiger partial charge is 0.0592 e. The molecule has 0 bridgehead atoms. The van der Waals surface area contributed by atoms with Crippen molar-refractivity contribution in [1.29, 1.82) is 0 Å². The van der Waals surface area contributed by atoms with E-state index >= 15 is 0 Å². The molecule has 2 nitrogen and oxygen atoms in total. The number of benzene rings is 1. The van der Waals surface area contributed by atoms with Gasteiger partial charge in [-0.25, -0.2) is 0 Å². The Hall–Kier alpha value is -0.510. The van der Waals surface area contributed by atoms with Crippen LogP contribution >= 0.6 is 11.8 Å². The number of thioether (sulfide) groups is 1. The molecule has 17 heavy (non-hydrogen) atoms. The van der Waals surface area contributed by atoms with Crippen molar-refractivity contribution in [2.75, 3.05) is 18.9 Å². The maximum absolute atomic E-state index is 9.29. The number of aliphatic hydroxyl groups is 1. The summed E-state index contributed by atoms with van der Waals surface area (Å²) in [6.07, 6.45) is 1.16. The van der Waals surface area contributed by atoms with E-state index in [2.05, 4.69) is 31.3 Å². The highest BCUT2D eigenvalue weighted by Crippen LogP contribution is 2.17. The van der Waals surface area contributed by atoms with Gasteiger partial charge < -0.3 is 10.4 Å². The first kappa shape index (κ1) is 14.6. The minimum atomic E-state index is 0.193. The minimum Gasteiger partial charge on any atom is -0.395 e. The third kappa shape index (κ3) is 6.71. The van der Waals surface area contributed by atoms with Crippen LogP contribution in [0.5, 0.6) is 0 Å². The van der Waals surface area contributed by atoms with Crippen LogP contribution in [0, 0.1) is 5.92 Å². The van der Waals surface area contributed by atoms with Gasteiger partial charge in [0, 0.05) is 16.7 Å². The van der Waals surface area contributed by atoms with E-state index in [4.69, 9.17) is 0 Å². The summed E-state index contributed by atoms with van der Waals surface area (Å²) in [6, 6.07) is 10.5. The summed E-state index contributed by atoms with van der Waals surface area (Å²) in [5.41, 5.74) is 0. The fourth-order valence-corrected chi connectivity index (χ4v) is 2.43. The lowest BCUT2D eigenvalue weighted by Gasteiger charge is -2.16. The third-order valence-electron chi connectivity index (χ3n) is 2.57. The van der Waals surface area contributed by atoms with E-state index in [1.165, 1.54) is 4.90 Å². The van der Waals surface area contributed by atoms with Gasteiger partial charge in [0.05, 0.1) is 6.61 Å². The lowest BCUT2D eigenvalue weighted by molar-refractivity contribution is 0.252. The molecule has 3 heteroatoms. The van der Waals surface area contributed by atoms with E-state index in [0.717, 1.165) is 18.7 Å². The maximum atomic E-state index is 9.29. The SMILES string of the molecule is CC(C)CCNC(CO)CSc1ccccc1. The minimum absolute atomic E-state index is 0.193. The van der Waals surface area contributed by atoms with Crippen LogP contribution in [0.3, 0.4) is 0 Å². The molecule has 1 aromatic rings. The van der Waals surface area contributed by atoms with Crippen molar-refractivity contribution in [3.8, 4) is 0 Å². The van der Waals surface area contributed by atoms with E-state index in [-0.39, 0.29) is 12.6 Å². The summed E-state index contributed by atoms with van der Waals surface area (Å²) in [4.78, 5) is 1.26. The largest absolute Gasteiger partial charge is 0.395 e. The Bertz CT molecular complexity index is 290. The lowest BCUT2D eigenvalue weighted by atomic mass is 10.1. The van der Waals surface area contributed by atoms with Crippen LogP contribution in [0.25, 0.3) is 0 Å². The molecule has 1 unspecified atom stereocenters. The Kier molecular flexibility index (Phi) is 7.33. The quantitative estimate of drug-likeness (QED) is 0.699. The molecular weight excluding hydrogens is 230 g/mol. The van der Waals surface area contributed by atoms with Gasteiger partial charge in [0.2, 0.25) is 0 Å². The number of nitrogens with one attached hydrogen (secondary N) is 1. The summed E-state index contributed by atoms with van der Waals surface area (Å²) in [5, 5.41) is 12.7. The topological polar surface area (TPSA) is 32.3 Å². The predicted octanol–water partition coefficient (Wildman–Crippen LogP) is 2.78. The van der Waals surface area contributed by atoms with Crippen molar-refractivity contribution in [1.82, 2.24) is 5.32 Å². The molecule has 1 aromatic carbocycles. The Labute approximate surface area is 109 Å². The third-order valence-corrected chi connectivity index (χ3v) is 3.74. The Morgan fingerprint density at radius 1 is 1.24 bits per heavy atom. The highest BCUT2D eigenvalue weighted by atomic mass is 32.2. The molecule has 2 N–H and O–H groups in total. The molecule has 96 valence electrons. The zero-order valence-electron chi connectivity index (χ0n) is 10.7. The molecule has 0 fully saturated rings. The summed E-state index contributed by atoms with van der Waals surface area (Å²) in [7, 11) is 0. The average molecular weight is 253 g/mol. The molecule has 0 radical (unpaired) electrons. The summed E-state index contributed by atoms with van der Waals surface area (Å²) < 4.78 is 0. The molecule has 0 aliphatic rings. The van der Waals surface area contributed by atoms with Crippen LogP contribution < -0.4 is 5.32 Å². The van der Waals surface area contributed by atoms with Gasteiger partial charge in [0.1, 0.15) is 0 Å². The number of aliphatic hydroxyl groups excluding tert-OH is 1. The van der Waals surface area contributed by atoms with Crippen molar-refractivity contribution in [2.24, 2.45) is 5.92 Å². The van der Waals surface area contributed by atoms with E-state index in [0.29, 0.717) is 5.92 Å².